The van der Waals surface area contributed by atoms with Crippen molar-refractivity contribution in [2.45, 2.75) is 24.6 Å². The van der Waals surface area contributed by atoms with Crippen LogP contribution < -0.4 is 8.61 Å². The number of thioether (sulfide) groups is 1. The van der Waals surface area contributed by atoms with E-state index in [1.165, 1.54) is 9.87 Å². The number of carbonyl (C=O) groups is 1. The van der Waals surface area contributed by atoms with E-state index >= 15 is 0 Å². The number of anilines is 2. The molecule has 1 amide bonds. The quantitative estimate of drug-likeness (QED) is 0.730. The number of rotatable bonds is 5. The molecule has 0 spiro atoms. The van der Waals surface area contributed by atoms with Crippen LogP contribution in [0.1, 0.15) is 18.4 Å². The summed E-state index contributed by atoms with van der Waals surface area (Å²) in [4.78, 5) is 14.4. The van der Waals surface area contributed by atoms with E-state index in [0.29, 0.717) is 37.4 Å². The number of piperidine rings is 1. The van der Waals surface area contributed by atoms with Crippen LogP contribution in [0.15, 0.2) is 54.6 Å². The SMILES string of the molecule is CN1c2ccccc2N(C2CCN(C(=O)CSCc3ccccc3)CC2)S1(=O)=O. The van der Waals surface area contributed by atoms with Crippen LogP contribution in [0, 0.1) is 0 Å². The number of para-hydroxylation sites is 2. The van der Waals surface area contributed by atoms with Gasteiger partial charge in [-0.1, -0.05) is 42.5 Å². The highest BCUT2D eigenvalue weighted by Crippen LogP contribution is 2.42. The molecule has 0 aromatic heterocycles. The molecule has 2 aliphatic rings. The Morgan fingerprint density at radius 1 is 1.00 bits per heavy atom. The van der Waals surface area contributed by atoms with Gasteiger partial charge in [0.1, 0.15) is 0 Å². The van der Waals surface area contributed by atoms with Crippen LogP contribution >= 0.6 is 11.8 Å². The molecule has 1 fully saturated rings. The lowest BCUT2D eigenvalue weighted by atomic mass is 10.0. The third kappa shape index (κ3) is 3.96. The van der Waals surface area contributed by atoms with Crippen molar-refractivity contribution in [2.75, 3.05) is 34.5 Å². The lowest BCUT2D eigenvalue weighted by Crippen LogP contribution is -2.50. The average Bonchev–Trinajstić information content (AvgIpc) is 2.94. The highest BCUT2D eigenvalue weighted by Gasteiger charge is 2.43. The minimum atomic E-state index is -3.55. The summed E-state index contributed by atoms with van der Waals surface area (Å²) in [6, 6.07) is 17.4. The maximum atomic E-state index is 12.9. The van der Waals surface area contributed by atoms with E-state index in [2.05, 4.69) is 12.1 Å². The van der Waals surface area contributed by atoms with Crippen molar-refractivity contribution in [3.8, 4) is 0 Å². The van der Waals surface area contributed by atoms with Gasteiger partial charge in [0.25, 0.3) is 0 Å². The zero-order valence-electron chi connectivity index (χ0n) is 16.4. The van der Waals surface area contributed by atoms with Gasteiger partial charge < -0.3 is 4.90 Å². The molecular formula is C21H25N3O3S2. The van der Waals surface area contributed by atoms with Gasteiger partial charge in [-0.3, -0.25) is 9.10 Å². The zero-order chi connectivity index (χ0) is 20.4. The Kier molecular flexibility index (Phi) is 5.74. The molecule has 2 heterocycles. The molecule has 0 N–H and O–H groups in total. The van der Waals surface area contributed by atoms with E-state index in [9.17, 15) is 13.2 Å². The van der Waals surface area contributed by atoms with Crippen LogP contribution in [0.25, 0.3) is 0 Å². The Morgan fingerprint density at radius 2 is 1.62 bits per heavy atom. The fraction of sp³-hybridized carbons (Fsp3) is 0.381. The maximum Gasteiger partial charge on any atom is 0.326 e. The summed E-state index contributed by atoms with van der Waals surface area (Å²) >= 11 is 1.62. The first-order valence-corrected chi connectivity index (χ1v) is 12.3. The van der Waals surface area contributed by atoms with E-state index in [4.69, 9.17) is 0 Å². The summed E-state index contributed by atoms with van der Waals surface area (Å²) < 4.78 is 28.7. The molecule has 0 saturated carbocycles. The minimum Gasteiger partial charge on any atom is -0.342 e. The molecule has 154 valence electrons. The summed E-state index contributed by atoms with van der Waals surface area (Å²) in [7, 11) is -1.95. The second kappa shape index (κ2) is 8.28. The fourth-order valence-corrected chi connectivity index (χ4v) is 6.50. The fourth-order valence-electron chi connectivity index (χ4n) is 3.95. The molecule has 0 aliphatic carbocycles. The molecule has 0 atom stereocenters. The van der Waals surface area contributed by atoms with Crippen LogP contribution in [0.5, 0.6) is 0 Å². The van der Waals surface area contributed by atoms with E-state index in [1.807, 2.05) is 47.4 Å². The number of fused-ring (bicyclic) bond motifs is 1. The predicted octanol–water partition coefficient (Wildman–Crippen LogP) is 3.11. The molecule has 0 bridgehead atoms. The van der Waals surface area contributed by atoms with E-state index in [-0.39, 0.29) is 11.9 Å². The molecule has 2 aromatic rings. The second-order valence-corrected chi connectivity index (χ2v) is 10.2. The lowest BCUT2D eigenvalue weighted by molar-refractivity contribution is -0.129. The molecular weight excluding hydrogens is 406 g/mol. The first kappa shape index (κ1) is 20.1. The number of carbonyl (C=O) groups excluding carboxylic acids is 1. The standard InChI is InChI=1S/C21H25N3O3S2/c1-22-19-9-5-6-10-20(19)24(29(22,26)27)18-11-13-23(14-12-18)21(25)16-28-15-17-7-3-2-4-8-17/h2-10,18H,11-16H2,1H3. The van der Waals surface area contributed by atoms with Crippen LogP contribution in [-0.4, -0.2) is 51.2 Å². The smallest absolute Gasteiger partial charge is 0.326 e. The summed E-state index contributed by atoms with van der Waals surface area (Å²) in [6.07, 6.45) is 1.30. The number of hydrogen-bond acceptors (Lipinski definition) is 4. The molecule has 2 aromatic carbocycles. The van der Waals surface area contributed by atoms with Gasteiger partial charge in [0.15, 0.2) is 0 Å². The Hall–Kier alpha value is -2.19. The number of amides is 1. The first-order valence-electron chi connectivity index (χ1n) is 9.75. The molecule has 0 radical (unpaired) electrons. The van der Waals surface area contributed by atoms with Crippen molar-refractivity contribution < 1.29 is 13.2 Å². The Balaban J connectivity index is 1.34. The Labute approximate surface area is 176 Å². The second-order valence-electron chi connectivity index (χ2n) is 7.35. The summed E-state index contributed by atoms with van der Waals surface area (Å²) in [5.74, 6) is 1.40. The Morgan fingerprint density at radius 3 is 2.31 bits per heavy atom. The maximum absolute atomic E-state index is 12.9. The molecule has 1 saturated heterocycles. The number of benzene rings is 2. The van der Waals surface area contributed by atoms with E-state index in [0.717, 1.165) is 11.4 Å². The number of likely N-dealkylation sites (tertiary alicyclic amines) is 1. The number of hydrogen-bond donors (Lipinski definition) is 0. The van der Waals surface area contributed by atoms with E-state index in [1.54, 1.807) is 23.1 Å². The van der Waals surface area contributed by atoms with Crippen LogP contribution in [0.4, 0.5) is 11.4 Å². The normalized spacial score (nSPS) is 18.7. The largest absolute Gasteiger partial charge is 0.342 e. The molecule has 29 heavy (non-hydrogen) atoms. The summed E-state index contributed by atoms with van der Waals surface area (Å²) in [6.45, 7) is 1.18. The van der Waals surface area contributed by atoms with Crippen LogP contribution in [-0.2, 0) is 20.8 Å². The molecule has 4 rings (SSSR count). The number of nitrogens with zero attached hydrogens (tertiary/aromatic N) is 3. The summed E-state index contributed by atoms with van der Waals surface area (Å²) in [5.41, 5.74) is 2.66. The van der Waals surface area contributed by atoms with Gasteiger partial charge in [-0.15, -0.1) is 11.8 Å². The van der Waals surface area contributed by atoms with Crippen molar-refractivity contribution >= 4 is 39.3 Å². The topological polar surface area (TPSA) is 60.9 Å². The zero-order valence-corrected chi connectivity index (χ0v) is 18.0. The minimum absolute atomic E-state index is 0.118. The monoisotopic (exact) mass is 431 g/mol. The van der Waals surface area contributed by atoms with Gasteiger partial charge in [0.05, 0.1) is 23.2 Å². The predicted molar refractivity (Wildman–Crippen MR) is 118 cm³/mol. The molecule has 2 aliphatic heterocycles. The van der Waals surface area contributed by atoms with Gasteiger partial charge in [0.2, 0.25) is 5.91 Å². The van der Waals surface area contributed by atoms with Crippen molar-refractivity contribution in [1.29, 1.82) is 0 Å². The van der Waals surface area contributed by atoms with E-state index < -0.39 is 10.2 Å². The van der Waals surface area contributed by atoms with Gasteiger partial charge >= 0.3 is 10.2 Å². The lowest BCUT2D eigenvalue weighted by Gasteiger charge is -2.36. The van der Waals surface area contributed by atoms with Crippen molar-refractivity contribution in [2.24, 2.45) is 0 Å². The van der Waals surface area contributed by atoms with Gasteiger partial charge in [-0.2, -0.15) is 8.42 Å². The average molecular weight is 432 g/mol. The van der Waals surface area contributed by atoms with Crippen LogP contribution in [0.3, 0.4) is 0 Å². The third-order valence-corrected chi connectivity index (χ3v) is 8.41. The van der Waals surface area contributed by atoms with Gasteiger partial charge in [-0.25, -0.2) is 4.31 Å². The Bertz CT molecular complexity index is 974. The van der Waals surface area contributed by atoms with Gasteiger partial charge in [-0.05, 0) is 30.5 Å². The molecule has 6 nitrogen and oxygen atoms in total. The van der Waals surface area contributed by atoms with Gasteiger partial charge in [0, 0.05) is 25.9 Å². The van der Waals surface area contributed by atoms with Crippen molar-refractivity contribution in [3.05, 3.63) is 60.2 Å². The first-order chi connectivity index (χ1) is 14.0. The van der Waals surface area contributed by atoms with Crippen LogP contribution in [0.2, 0.25) is 0 Å². The molecule has 0 unspecified atom stereocenters. The highest BCUT2D eigenvalue weighted by atomic mass is 32.2. The van der Waals surface area contributed by atoms with Crippen molar-refractivity contribution in [1.82, 2.24) is 4.90 Å². The molecule has 8 heteroatoms. The highest BCUT2D eigenvalue weighted by molar-refractivity contribution is 7.99. The third-order valence-electron chi connectivity index (χ3n) is 5.54. The summed E-state index contributed by atoms with van der Waals surface area (Å²) in [5, 5.41) is 0. The van der Waals surface area contributed by atoms with Crippen molar-refractivity contribution in [3.63, 3.8) is 0 Å².